The maximum atomic E-state index is 12.3. The summed E-state index contributed by atoms with van der Waals surface area (Å²) in [5, 5.41) is 2.91. The molecule has 9 nitrogen and oxygen atoms in total. The standard InChI is InChI=1S/C17H21N3O6S/c1-9(17(23)26-4)18-15(21)8-27-7-14-19-11-6-13(25-3)12(24-2)5-10(11)16(22)20-14/h5-6,9H,7-8H2,1-4H3,(H,18,21)(H,19,20,22). The van der Waals surface area contributed by atoms with Crippen LogP contribution in [0, 0.1) is 0 Å². The number of carbonyl (C=O) groups excluding carboxylic acids is 2. The molecule has 0 saturated carbocycles. The van der Waals surface area contributed by atoms with Crippen molar-refractivity contribution in [1.29, 1.82) is 0 Å². The molecule has 0 saturated heterocycles. The minimum absolute atomic E-state index is 0.106. The lowest BCUT2D eigenvalue weighted by atomic mass is 10.2. The summed E-state index contributed by atoms with van der Waals surface area (Å²) in [5.41, 5.74) is 0.163. The quantitative estimate of drug-likeness (QED) is 0.632. The normalized spacial score (nSPS) is 11.7. The fourth-order valence-electron chi connectivity index (χ4n) is 2.34. The van der Waals surface area contributed by atoms with Gasteiger partial charge >= 0.3 is 5.97 Å². The van der Waals surface area contributed by atoms with E-state index >= 15 is 0 Å². The molecule has 2 rings (SSSR count). The molecule has 27 heavy (non-hydrogen) atoms. The van der Waals surface area contributed by atoms with Gasteiger partial charge in [-0.25, -0.2) is 9.78 Å². The molecule has 0 aliphatic heterocycles. The SMILES string of the molecule is COC(=O)C(C)NC(=O)CSCc1nc2cc(OC)c(OC)cc2c(=O)[nH]1. The largest absolute Gasteiger partial charge is 0.493 e. The van der Waals surface area contributed by atoms with Crippen molar-refractivity contribution in [1.82, 2.24) is 15.3 Å². The van der Waals surface area contributed by atoms with E-state index in [1.807, 2.05) is 0 Å². The highest BCUT2D eigenvalue weighted by Gasteiger charge is 2.16. The van der Waals surface area contributed by atoms with Gasteiger partial charge in [0.05, 0.1) is 43.7 Å². The van der Waals surface area contributed by atoms with Crippen LogP contribution in [0.5, 0.6) is 11.5 Å². The van der Waals surface area contributed by atoms with Crippen LogP contribution < -0.4 is 20.3 Å². The molecule has 0 fully saturated rings. The molecule has 1 heterocycles. The lowest BCUT2D eigenvalue weighted by Gasteiger charge is -2.11. The van der Waals surface area contributed by atoms with Crippen LogP contribution in [-0.2, 0) is 20.1 Å². The zero-order chi connectivity index (χ0) is 20.0. The first-order chi connectivity index (χ1) is 12.9. The molecular formula is C17H21N3O6S. The van der Waals surface area contributed by atoms with Gasteiger partial charge in [0, 0.05) is 6.07 Å². The van der Waals surface area contributed by atoms with Gasteiger partial charge in [-0.3, -0.25) is 9.59 Å². The Hall–Kier alpha value is -2.75. The molecule has 1 aromatic carbocycles. The summed E-state index contributed by atoms with van der Waals surface area (Å²) in [7, 11) is 4.25. The highest BCUT2D eigenvalue weighted by atomic mass is 32.2. The molecule has 1 atom stereocenters. The Bertz CT molecular complexity index is 898. The van der Waals surface area contributed by atoms with Crippen LogP contribution >= 0.6 is 11.8 Å². The second-order valence-electron chi connectivity index (χ2n) is 5.54. The van der Waals surface area contributed by atoms with Crippen molar-refractivity contribution in [2.75, 3.05) is 27.1 Å². The first-order valence-electron chi connectivity index (χ1n) is 7.99. The summed E-state index contributed by atoms with van der Waals surface area (Å²) in [5.74, 6) is 0.937. The Morgan fingerprint density at radius 1 is 1.22 bits per heavy atom. The Morgan fingerprint density at radius 3 is 2.52 bits per heavy atom. The van der Waals surface area contributed by atoms with Gasteiger partial charge in [0.2, 0.25) is 5.91 Å². The van der Waals surface area contributed by atoms with E-state index in [9.17, 15) is 14.4 Å². The van der Waals surface area contributed by atoms with Crippen LogP contribution in [0.1, 0.15) is 12.7 Å². The van der Waals surface area contributed by atoms with Gasteiger partial charge in [0.15, 0.2) is 11.5 Å². The molecule has 1 aromatic heterocycles. The van der Waals surface area contributed by atoms with Gasteiger partial charge in [-0.1, -0.05) is 0 Å². The maximum absolute atomic E-state index is 12.3. The third-order valence-corrected chi connectivity index (χ3v) is 4.61. The molecule has 146 valence electrons. The predicted octanol–water partition coefficient (Wildman–Crippen LogP) is 0.851. The van der Waals surface area contributed by atoms with Crippen LogP contribution in [0.15, 0.2) is 16.9 Å². The van der Waals surface area contributed by atoms with E-state index in [0.717, 1.165) is 0 Å². The number of nitrogens with zero attached hydrogens (tertiary/aromatic N) is 1. The number of H-pyrrole nitrogens is 1. The molecule has 0 bridgehead atoms. The van der Waals surface area contributed by atoms with Gasteiger partial charge in [-0.05, 0) is 13.0 Å². The van der Waals surface area contributed by atoms with E-state index in [2.05, 4.69) is 20.0 Å². The summed E-state index contributed by atoms with van der Waals surface area (Å²) in [6, 6.07) is 2.48. The molecule has 2 N–H and O–H groups in total. The average molecular weight is 395 g/mol. The fraction of sp³-hybridized carbons (Fsp3) is 0.412. The minimum Gasteiger partial charge on any atom is -0.493 e. The molecule has 0 radical (unpaired) electrons. The van der Waals surface area contributed by atoms with Crippen molar-refractivity contribution >= 4 is 34.5 Å². The molecule has 0 spiro atoms. The number of aromatic nitrogens is 2. The zero-order valence-corrected chi connectivity index (χ0v) is 16.3. The number of thioether (sulfide) groups is 1. The number of ether oxygens (including phenoxy) is 3. The second kappa shape index (κ2) is 9.26. The average Bonchev–Trinajstić information content (AvgIpc) is 2.66. The summed E-state index contributed by atoms with van der Waals surface area (Å²) >= 11 is 1.26. The zero-order valence-electron chi connectivity index (χ0n) is 15.5. The second-order valence-corrected chi connectivity index (χ2v) is 6.53. The van der Waals surface area contributed by atoms with Gasteiger partial charge in [-0.2, -0.15) is 0 Å². The highest BCUT2D eigenvalue weighted by Crippen LogP contribution is 2.30. The Morgan fingerprint density at radius 2 is 1.89 bits per heavy atom. The number of methoxy groups -OCH3 is 3. The fourth-order valence-corrected chi connectivity index (χ4v) is 3.04. The van der Waals surface area contributed by atoms with Crippen LogP contribution in [0.2, 0.25) is 0 Å². The molecule has 1 amide bonds. The first-order valence-corrected chi connectivity index (χ1v) is 9.15. The third kappa shape index (κ3) is 5.13. The van der Waals surface area contributed by atoms with Crippen molar-refractivity contribution in [3.8, 4) is 11.5 Å². The van der Waals surface area contributed by atoms with Gasteiger partial charge in [0.1, 0.15) is 11.9 Å². The van der Waals surface area contributed by atoms with Gasteiger partial charge in [0.25, 0.3) is 5.56 Å². The minimum atomic E-state index is -0.718. The number of hydrogen-bond donors (Lipinski definition) is 2. The summed E-state index contributed by atoms with van der Waals surface area (Å²) < 4.78 is 15.0. The number of esters is 1. The predicted molar refractivity (Wildman–Crippen MR) is 101 cm³/mol. The maximum Gasteiger partial charge on any atom is 0.328 e. The Labute approximate surface area is 159 Å². The number of hydrogen-bond acceptors (Lipinski definition) is 8. The smallest absolute Gasteiger partial charge is 0.328 e. The topological polar surface area (TPSA) is 120 Å². The lowest BCUT2D eigenvalue weighted by Crippen LogP contribution is -2.40. The van der Waals surface area contributed by atoms with Crippen LogP contribution in [-0.4, -0.2) is 55.0 Å². The first kappa shape index (κ1) is 20.6. The lowest BCUT2D eigenvalue weighted by molar-refractivity contribution is -0.144. The van der Waals surface area contributed by atoms with Crippen molar-refractivity contribution in [2.24, 2.45) is 0 Å². The van der Waals surface area contributed by atoms with Crippen molar-refractivity contribution in [2.45, 2.75) is 18.7 Å². The summed E-state index contributed by atoms with van der Waals surface area (Å²) in [6.07, 6.45) is 0. The number of benzene rings is 1. The molecular weight excluding hydrogens is 374 g/mol. The van der Waals surface area contributed by atoms with Crippen molar-refractivity contribution in [3.63, 3.8) is 0 Å². The highest BCUT2D eigenvalue weighted by molar-refractivity contribution is 7.99. The van der Waals surface area contributed by atoms with E-state index in [1.54, 1.807) is 19.1 Å². The summed E-state index contributed by atoms with van der Waals surface area (Å²) in [6.45, 7) is 1.54. The Balaban J connectivity index is 2.06. The van der Waals surface area contributed by atoms with Crippen LogP contribution in [0.3, 0.4) is 0 Å². The van der Waals surface area contributed by atoms with Crippen molar-refractivity contribution in [3.05, 3.63) is 28.3 Å². The van der Waals surface area contributed by atoms with Gasteiger partial charge < -0.3 is 24.5 Å². The van der Waals surface area contributed by atoms with E-state index in [4.69, 9.17) is 9.47 Å². The molecule has 10 heteroatoms. The molecule has 0 aliphatic carbocycles. The molecule has 1 unspecified atom stereocenters. The van der Waals surface area contributed by atoms with Gasteiger partial charge in [-0.15, -0.1) is 11.8 Å². The molecule has 2 aromatic rings. The van der Waals surface area contributed by atoms with Crippen molar-refractivity contribution < 1.29 is 23.8 Å². The number of amides is 1. The van der Waals surface area contributed by atoms with E-state index in [1.165, 1.54) is 33.1 Å². The Kier molecular flexibility index (Phi) is 7.05. The monoisotopic (exact) mass is 395 g/mol. The van der Waals surface area contributed by atoms with E-state index in [-0.39, 0.29) is 17.2 Å². The number of aromatic amines is 1. The van der Waals surface area contributed by atoms with Crippen LogP contribution in [0.4, 0.5) is 0 Å². The number of fused-ring (bicyclic) bond motifs is 1. The number of nitrogens with one attached hydrogen (secondary N) is 2. The molecule has 0 aliphatic rings. The summed E-state index contributed by atoms with van der Waals surface area (Å²) in [4.78, 5) is 42.5. The number of rotatable bonds is 8. The van der Waals surface area contributed by atoms with E-state index < -0.39 is 12.0 Å². The van der Waals surface area contributed by atoms with E-state index in [0.29, 0.717) is 34.0 Å². The third-order valence-electron chi connectivity index (χ3n) is 3.66. The number of carbonyl (C=O) groups is 2. The van der Waals surface area contributed by atoms with Crippen LogP contribution in [0.25, 0.3) is 10.9 Å².